The molecule has 4 nitrogen and oxygen atoms in total. The number of rotatable bonds is 4. The molecule has 2 rings (SSSR count). The maximum Gasteiger partial charge on any atom is 0.154 e. The van der Waals surface area contributed by atoms with Crippen molar-refractivity contribution < 1.29 is 8.42 Å². The van der Waals surface area contributed by atoms with Gasteiger partial charge >= 0.3 is 0 Å². The van der Waals surface area contributed by atoms with Gasteiger partial charge in [0, 0.05) is 31.7 Å². The summed E-state index contributed by atoms with van der Waals surface area (Å²) < 4.78 is 23.9. The number of piperazine rings is 1. The van der Waals surface area contributed by atoms with Gasteiger partial charge in [-0.2, -0.15) is 0 Å². The lowest BCUT2D eigenvalue weighted by atomic mass is 10.00. The Balaban J connectivity index is 1.94. The molecule has 0 radical (unpaired) electrons. The molecule has 0 aromatic rings. The van der Waals surface area contributed by atoms with Crippen molar-refractivity contribution in [3.8, 4) is 0 Å². The van der Waals surface area contributed by atoms with Crippen molar-refractivity contribution in [1.29, 1.82) is 0 Å². The maximum absolute atomic E-state index is 12.0. The lowest BCUT2D eigenvalue weighted by Crippen LogP contribution is -2.57. The first-order valence-corrected chi connectivity index (χ1v) is 9.29. The minimum atomic E-state index is -2.81. The Kier molecular flexibility index (Phi) is 4.90. The van der Waals surface area contributed by atoms with Gasteiger partial charge < -0.3 is 5.32 Å². The largest absolute Gasteiger partial charge is 0.311 e. The number of nitrogens with zero attached hydrogens (tertiary/aromatic N) is 1. The quantitative estimate of drug-likeness (QED) is 0.846. The third kappa shape index (κ3) is 3.92. The monoisotopic (exact) mass is 288 g/mol. The summed E-state index contributed by atoms with van der Waals surface area (Å²) >= 11 is 0. The van der Waals surface area contributed by atoms with Crippen LogP contribution in [-0.4, -0.2) is 56.0 Å². The predicted molar refractivity (Wildman–Crippen MR) is 79.1 cm³/mol. The summed E-state index contributed by atoms with van der Waals surface area (Å²) in [4.78, 5) is 2.39. The van der Waals surface area contributed by atoms with Crippen molar-refractivity contribution in [2.45, 2.75) is 57.4 Å². The highest BCUT2D eigenvalue weighted by molar-refractivity contribution is 7.92. The minimum absolute atomic E-state index is 0.118. The molecular weight excluding hydrogens is 260 g/mol. The van der Waals surface area contributed by atoms with E-state index in [1.807, 2.05) is 0 Å². The number of hydrogen-bond donors (Lipinski definition) is 1. The Bertz CT molecular complexity index is 394. The van der Waals surface area contributed by atoms with Gasteiger partial charge in [-0.05, 0) is 32.1 Å². The summed E-state index contributed by atoms with van der Waals surface area (Å²) in [5, 5.41) is 3.47. The van der Waals surface area contributed by atoms with Gasteiger partial charge in [-0.3, -0.25) is 4.90 Å². The number of sulfone groups is 1. The molecule has 2 heterocycles. The second-order valence-corrected chi connectivity index (χ2v) is 9.07. The molecule has 0 saturated carbocycles. The lowest BCUT2D eigenvalue weighted by Gasteiger charge is -2.40. The lowest BCUT2D eigenvalue weighted by molar-refractivity contribution is 0.131. The molecule has 0 aliphatic carbocycles. The summed E-state index contributed by atoms with van der Waals surface area (Å²) in [6.45, 7) is 9.38. The van der Waals surface area contributed by atoms with E-state index in [9.17, 15) is 8.42 Å². The first-order chi connectivity index (χ1) is 8.88. The Hall–Kier alpha value is -0.130. The molecule has 2 fully saturated rings. The van der Waals surface area contributed by atoms with E-state index in [0.29, 0.717) is 23.8 Å². The van der Waals surface area contributed by atoms with Crippen molar-refractivity contribution >= 4 is 9.84 Å². The van der Waals surface area contributed by atoms with Crippen LogP contribution in [0.3, 0.4) is 0 Å². The number of hydrogen-bond acceptors (Lipinski definition) is 4. The van der Waals surface area contributed by atoms with Crippen LogP contribution in [0, 0.1) is 5.92 Å². The molecule has 112 valence electrons. The maximum atomic E-state index is 12.0. The molecule has 0 aromatic carbocycles. The highest BCUT2D eigenvalue weighted by Gasteiger charge is 2.35. The number of nitrogens with one attached hydrogen (secondary N) is 1. The summed E-state index contributed by atoms with van der Waals surface area (Å²) in [6, 6.07) is 0.958. The average Bonchev–Trinajstić information content (AvgIpc) is 2.62. The van der Waals surface area contributed by atoms with Gasteiger partial charge in [0.15, 0.2) is 9.84 Å². The zero-order valence-corrected chi connectivity index (χ0v) is 13.2. The molecule has 3 atom stereocenters. The van der Waals surface area contributed by atoms with E-state index in [2.05, 4.69) is 31.0 Å². The second kappa shape index (κ2) is 6.10. The molecule has 2 aliphatic heterocycles. The van der Waals surface area contributed by atoms with E-state index in [0.717, 1.165) is 32.5 Å². The van der Waals surface area contributed by atoms with Gasteiger partial charge in [0.1, 0.15) is 0 Å². The summed E-state index contributed by atoms with van der Waals surface area (Å²) in [5.41, 5.74) is 0. The van der Waals surface area contributed by atoms with Crippen LogP contribution in [0.1, 0.15) is 40.0 Å². The molecule has 0 spiro atoms. The highest BCUT2D eigenvalue weighted by atomic mass is 32.2. The summed E-state index contributed by atoms with van der Waals surface area (Å²) in [5.74, 6) is 1.08. The van der Waals surface area contributed by atoms with E-state index in [-0.39, 0.29) is 5.25 Å². The molecule has 0 amide bonds. The van der Waals surface area contributed by atoms with E-state index in [4.69, 9.17) is 0 Å². The minimum Gasteiger partial charge on any atom is -0.311 e. The Labute approximate surface area is 117 Å². The molecule has 19 heavy (non-hydrogen) atoms. The topological polar surface area (TPSA) is 49.4 Å². The highest BCUT2D eigenvalue weighted by Crippen LogP contribution is 2.23. The van der Waals surface area contributed by atoms with Crippen molar-refractivity contribution in [2.24, 2.45) is 5.92 Å². The van der Waals surface area contributed by atoms with Gasteiger partial charge in [-0.25, -0.2) is 8.42 Å². The van der Waals surface area contributed by atoms with Crippen molar-refractivity contribution in [3.63, 3.8) is 0 Å². The zero-order chi connectivity index (χ0) is 14.0. The van der Waals surface area contributed by atoms with Crippen LogP contribution in [0.5, 0.6) is 0 Å². The van der Waals surface area contributed by atoms with Crippen LogP contribution in [0.2, 0.25) is 0 Å². The van der Waals surface area contributed by atoms with Crippen LogP contribution in [-0.2, 0) is 9.84 Å². The summed E-state index contributed by atoms with van der Waals surface area (Å²) in [6.07, 6.45) is 2.87. The Morgan fingerprint density at radius 2 is 2.11 bits per heavy atom. The normalized spacial score (nSPS) is 35.9. The van der Waals surface area contributed by atoms with Crippen LogP contribution in [0.15, 0.2) is 0 Å². The first kappa shape index (κ1) is 15.3. The van der Waals surface area contributed by atoms with Gasteiger partial charge in [0.2, 0.25) is 0 Å². The fourth-order valence-corrected chi connectivity index (χ4v) is 5.15. The van der Waals surface area contributed by atoms with Gasteiger partial charge in [0.25, 0.3) is 0 Å². The molecule has 5 heteroatoms. The van der Waals surface area contributed by atoms with Gasteiger partial charge in [-0.15, -0.1) is 0 Å². The average molecular weight is 288 g/mol. The SMILES string of the molecule is CC(C)CC1CN(CC2CCCS2(=O)=O)C(C)CN1. The van der Waals surface area contributed by atoms with Crippen LogP contribution >= 0.6 is 0 Å². The Morgan fingerprint density at radius 3 is 2.68 bits per heavy atom. The molecule has 0 aromatic heterocycles. The van der Waals surface area contributed by atoms with Gasteiger partial charge in [0.05, 0.1) is 11.0 Å². The van der Waals surface area contributed by atoms with Crippen LogP contribution < -0.4 is 5.32 Å². The predicted octanol–water partition coefficient (Wildman–Crippen LogP) is 1.27. The Morgan fingerprint density at radius 1 is 1.37 bits per heavy atom. The molecule has 1 N–H and O–H groups in total. The molecule has 0 bridgehead atoms. The summed E-state index contributed by atoms with van der Waals surface area (Å²) in [7, 11) is -2.81. The zero-order valence-electron chi connectivity index (χ0n) is 12.4. The fourth-order valence-electron chi connectivity index (χ4n) is 3.30. The standard InChI is InChI=1S/C14H28N2O2S/c1-11(2)7-13-9-16(12(3)8-15-13)10-14-5-4-6-19(14,17)18/h11-15H,4-10H2,1-3H3. The van der Waals surface area contributed by atoms with Crippen LogP contribution in [0.25, 0.3) is 0 Å². The van der Waals surface area contributed by atoms with E-state index in [1.54, 1.807) is 0 Å². The van der Waals surface area contributed by atoms with Crippen LogP contribution in [0.4, 0.5) is 0 Å². The molecule has 2 saturated heterocycles. The molecule has 3 unspecified atom stereocenters. The third-order valence-corrected chi connectivity index (χ3v) is 6.70. The van der Waals surface area contributed by atoms with Crippen molar-refractivity contribution in [3.05, 3.63) is 0 Å². The van der Waals surface area contributed by atoms with Crippen molar-refractivity contribution in [1.82, 2.24) is 10.2 Å². The molecular formula is C14H28N2O2S. The second-order valence-electron chi connectivity index (χ2n) is 6.67. The van der Waals surface area contributed by atoms with Crippen molar-refractivity contribution in [2.75, 3.05) is 25.4 Å². The van der Waals surface area contributed by atoms with E-state index < -0.39 is 9.84 Å². The van der Waals surface area contributed by atoms with Gasteiger partial charge in [-0.1, -0.05) is 13.8 Å². The first-order valence-electron chi connectivity index (χ1n) is 7.57. The fraction of sp³-hybridized carbons (Fsp3) is 1.00. The van der Waals surface area contributed by atoms with E-state index in [1.165, 1.54) is 6.42 Å². The van der Waals surface area contributed by atoms with E-state index >= 15 is 0 Å². The third-order valence-electron chi connectivity index (χ3n) is 4.44. The molecule has 2 aliphatic rings. The smallest absolute Gasteiger partial charge is 0.154 e.